The second kappa shape index (κ2) is 7.62. The molecule has 0 heterocycles. The maximum atomic E-state index is 5.42. The van der Waals surface area contributed by atoms with E-state index in [1.165, 1.54) is 0 Å². The molecule has 0 saturated heterocycles. The first-order valence-electron chi connectivity index (χ1n) is 8.06. The van der Waals surface area contributed by atoms with Crippen LogP contribution in [0.1, 0.15) is 0 Å². The van der Waals surface area contributed by atoms with Crippen LogP contribution in [0.3, 0.4) is 0 Å². The number of ether oxygens (including phenoxy) is 1. The number of para-hydroxylation sites is 1. The van der Waals surface area contributed by atoms with Crippen LogP contribution in [-0.2, 0) is 0 Å². The van der Waals surface area contributed by atoms with Gasteiger partial charge in [0.25, 0.3) is 0 Å². The molecule has 3 aromatic carbocycles. The first kappa shape index (κ1) is 17.4. The van der Waals surface area contributed by atoms with Gasteiger partial charge in [-0.25, -0.2) is 0 Å². The van der Waals surface area contributed by atoms with Gasteiger partial charge in [0, 0.05) is 41.7 Å². The molecule has 0 fully saturated rings. The number of hydrogen-bond donors (Lipinski definition) is 0. The van der Waals surface area contributed by atoms with Gasteiger partial charge in [0.15, 0.2) is 0 Å². The molecule has 3 nitrogen and oxygen atoms in total. The quantitative estimate of drug-likeness (QED) is 0.526. The normalized spacial score (nSPS) is 10.4. The van der Waals surface area contributed by atoms with Crippen molar-refractivity contribution in [2.45, 2.75) is 0 Å². The van der Waals surface area contributed by atoms with Crippen LogP contribution >= 0.6 is 15.9 Å². The molecule has 0 spiro atoms. The Kier molecular flexibility index (Phi) is 5.29. The van der Waals surface area contributed by atoms with E-state index in [9.17, 15) is 0 Å². The second-order valence-corrected chi connectivity index (χ2v) is 6.76. The van der Waals surface area contributed by atoms with Gasteiger partial charge in [0.2, 0.25) is 0 Å². The zero-order valence-electron chi connectivity index (χ0n) is 14.6. The summed E-state index contributed by atoms with van der Waals surface area (Å²) in [5.41, 5.74) is 4.35. The smallest absolute Gasteiger partial charge is 0.120 e. The van der Waals surface area contributed by atoms with Gasteiger partial charge in [-0.05, 0) is 58.4 Å². The maximum Gasteiger partial charge on any atom is 0.120 e. The van der Waals surface area contributed by atoms with Crippen molar-refractivity contribution in [2.75, 3.05) is 31.0 Å². The highest BCUT2D eigenvalue weighted by Gasteiger charge is 2.16. The summed E-state index contributed by atoms with van der Waals surface area (Å²) in [6.45, 7) is 0. The van der Waals surface area contributed by atoms with E-state index in [4.69, 9.17) is 4.74 Å². The van der Waals surface area contributed by atoms with Crippen LogP contribution in [-0.4, -0.2) is 21.2 Å². The maximum absolute atomic E-state index is 5.42. The van der Waals surface area contributed by atoms with Crippen LogP contribution in [0.15, 0.2) is 77.3 Å². The Bertz CT molecular complexity index is 850. The molecule has 3 aromatic rings. The summed E-state index contributed by atoms with van der Waals surface area (Å²) in [4.78, 5) is 4.32. The molecule has 0 aliphatic carbocycles. The summed E-state index contributed by atoms with van der Waals surface area (Å²) in [6.07, 6.45) is 0. The van der Waals surface area contributed by atoms with E-state index < -0.39 is 0 Å². The molecule has 0 radical (unpaired) electrons. The van der Waals surface area contributed by atoms with Gasteiger partial charge in [-0.3, -0.25) is 0 Å². The average molecular weight is 397 g/mol. The third-order valence-electron chi connectivity index (χ3n) is 4.01. The Labute approximate surface area is 157 Å². The molecule has 4 heteroatoms. The zero-order chi connectivity index (χ0) is 17.8. The van der Waals surface area contributed by atoms with E-state index in [0.29, 0.717) is 0 Å². The molecule has 0 saturated carbocycles. The molecule has 0 atom stereocenters. The monoisotopic (exact) mass is 396 g/mol. The number of benzene rings is 3. The second-order valence-electron chi connectivity index (χ2n) is 5.90. The summed E-state index contributed by atoms with van der Waals surface area (Å²) < 4.78 is 6.45. The van der Waals surface area contributed by atoms with Gasteiger partial charge in [-0.1, -0.05) is 24.3 Å². The Hall–Kier alpha value is -2.46. The molecule has 25 heavy (non-hydrogen) atoms. The third-order valence-corrected chi connectivity index (χ3v) is 4.68. The van der Waals surface area contributed by atoms with E-state index >= 15 is 0 Å². The Morgan fingerprint density at radius 3 is 2.16 bits per heavy atom. The number of anilines is 4. The van der Waals surface area contributed by atoms with E-state index in [0.717, 1.165) is 33.0 Å². The van der Waals surface area contributed by atoms with Crippen LogP contribution in [0.5, 0.6) is 5.75 Å². The highest BCUT2D eigenvalue weighted by molar-refractivity contribution is 9.10. The molecule has 0 amide bonds. The molecule has 128 valence electrons. The predicted octanol–water partition coefficient (Wildman–Crippen LogP) is 5.99. The molecule has 0 unspecified atom stereocenters. The number of halogens is 1. The summed E-state index contributed by atoms with van der Waals surface area (Å²) in [7, 11) is 5.78. The van der Waals surface area contributed by atoms with Crippen LogP contribution in [0.4, 0.5) is 22.7 Å². The lowest BCUT2D eigenvalue weighted by molar-refractivity contribution is 0.415. The fraction of sp³-hybridized carbons (Fsp3) is 0.143. The lowest BCUT2D eigenvalue weighted by Gasteiger charge is -2.28. The van der Waals surface area contributed by atoms with Crippen molar-refractivity contribution in [1.82, 2.24) is 0 Å². The van der Waals surface area contributed by atoms with Crippen molar-refractivity contribution < 1.29 is 4.74 Å². The van der Waals surface area contributed by atoms with E-state index in [2.05, 4.69) is 62.1 Å². The highest BCUT2D eigenvalue weighted by Crippen LogP contribution is 2.41. The molecule has 0 N–H and O–H groups in total. The number of methoxy groups -OCH3 is 1. The molecule has 0 aliphatic heterocycles. The van der Waals surface area contributed by atoms with E-state index in [1.807, 2.05) is 50.5 Å². The van der Waals surface area contributed by atoms with Crippen molar-refractivity contribution in [3.63, 3.8) is 0 Å². The number of rotatable bonds is 5. The minimum atomic E-state index is 0.832. The molecular weight excluding hydrogens is 376 g/mol. The summed E-state index contributed by atoms with van der Waals surface area (Å²) in [6, 6.07) is 24.8. The van der Waals surface area contributed by atoms with Gasteiger partial charge in [0.1, 0.15) is 5.75 Å². The SMILES string of the molecule is COc1cccc(N(c2ccccc2)c2cc(N(C)C)ccc2Br)c1. The lowest BCUT2D eigenvalue weighted by Crippen LogP contribution is -2.13. The Morgan fingerprint density at radius 2 is 1.48 bits per heavy atom. The lowest BCUT2D eigenvalue weighted by atomic mass is 10.1. The van der Waals surface area contributed by atoms with Crippen LogP contribution in [0.25, 0.3) is 0 Å². The molecule has 0 aliphatic rings. The van der Waals surface area contributed by atoms with Crippen LogP contribution < -0.4 is 14.5 Å². The number of nitrogens with zero attached hydrogens (tertiary/aromatic N) is 2. The Morgan fingerprint density at radius 1 is 0.760 bits per heavy atom. The van der Waals surface area contributed by atoms with Crippen molar-refractivity contribution in [3.05, 3.63) is 77.3 Å². The minimum Gasteiger partial charge on any atom is -0.497 e. The van der Waals surface area contributed by atoms with Gasteiger partial charge in [-0.15, -0.1) is 0 Å². The fourth-order valence-corrected chi connectivity index (χ4v) is 3.13. The van der Waals surface area contributed by atoms with Crippen molar-refractivity contribution in [1.29, 1.82) is 0 Å². The molecule has 0 aromatic heterocycles. The largest absolute Gasteiger partial charge is 0.497 e. The number of hydrogen-bond acceptors (Lipinski definition) is 3. The topological polar surface area (TPSA) is 15.7 Å². The highest BCUT2D eigenvalue weighted by atomic mass is 79.9. The van der Waals surface area contributed by atoms with Crippen molar-refractivity contribution >= 4 is 38.7 Å². The summed E-state index contributed by atoms with van der Waals surface area (Å²) in [5.74, 6) is 0.832. The van der Waals surface area contributed by atoms with Gasteiger partial charge in [-0.2, -0.15) is 0 Å². The fourth-order valence-electron chi connectivity index (χ4n) is 2.70. The molecule has 0 bridgehead atoms. The third kappa shape index (κ3) is 3.80. The summed E-state index contributed by atoms with van der Waals surface area (Å²) >= 11 is 3.72. The van der Waals surface area contributed by atoms with Crippen LogP contribution in [0.2, 0.25) is 0 Å². The first-order valence-corrected chi connectivity index (χ1v) is 8.85. The summed E-state index contributed by atoms with van der Waals surface area (Å²) in [5, 5.41) is 0. The van der Waals surface area contributed by atoms with E-state index in [1.54, 1.807) is 7.11 Å². The molecule has 3 rings (SSSR count). The van der Waals surface area contributed by atoms with Crippen molar-refractivity contribution in [2.24, 2.45) is 0 Å². The molecular formula is C21H21BrN2O. The Balaban J connectivity index is 2.20. The minimum absolute atomic E-state index is 0.832. The van der Waals surface area contributed by atoms with E-state index in [-0.39, 0.29) is 0 Å². The average Bonchev–Trinajstić information content (AvgIpc) is 2.64. The first-order chi connectivity index (χ1) is 12.1. The predicted molar refractivity (Wildman–Crippen MR) is 110 cm³/mol. The van der Waals surface area contributed by atoms with Gasteiger partial charge >= 0.3 is 0 Å². The van der Waals surface area contributed by atoms with Crippen molar-refractivity contribution in [3.8, 4) is 5.75 Å². The zero-order valence-corrected chi connectivity index (χ0v) is 16.2. The van der Waals surface area contributed by atoms with Crippen LogP contribution in [0, 0.1) is 0 Å². The van der Waals surface area contributed by atoms with Gasteiger partial charge in [0.05, 0.1) is 12.8 Å². The van der Waals surface area contributed by atoms with Gasteiger partial charge < -0.3 is 14.5 Å². The standard InChI is InChI=1S/C21H21BrN2O/c1-23(2)17-12-13-20(22)21(15-17)24(16-8-5-4-6-9-16)18-10-7-11-19(14-18)25-3/h4-15H,1-3H3.